The zero-order valence-electron chi connectivity index (χ0n) is 22.0. The summed E-state index contributed by atoms with van der Waals surface area (Å²) >= 11 is 0. The first-order valence-corrected chi connectivity index (χ1v) is 12.9. The second-order valence-electron chi connectivity index (χ2n) is 9.65. The molecule has 3 heterocycles. The fourth-order valence-corrected chi connectivity index (χ4v) is 4.25. The first-order valence-electron chi connectivity index (χ1n) is 12.9. The van der Waals surface area contributed by atoms with Crippen LogP contribution in [0.1, 0.15) is 56.0 Å². The van der Waals surface area contributed by atoms with Gasteiger partial charge in [0.1, 0.15) is 17.6 Å². The SMILES string of the molecule is CC(C)c1nc(-c2ccc(OCCCN3CCCN(C(=O)[C@H](C)NC(=O)c4ccco4)CC3)cc2F)no1. The third kappa shape index (κ3) is 6.97. The van der Waals surface area contributed by atoms with E-state index in [1.165, 1.54) is 12.3 Å². The molecule has 1 aliphatic rings. The van der Waals surface area contributed by atoms with Crippen molar-refractivity contribution in [2.45, 2.75) is 45.6 Å². The fourth-order valence-electron chi connectivity index (χ4n) is 4.25. The van der Waals surface area contributed by atoms with Crippen LogP contribution >= 0.6 is 0 Å². The van der Waals surface area contributed by atoms with Crippen LogP contribution in [0, 0.1) is 5.82 Å². The van der Waals surface area contributed by atoms with Crippen molar-refractivity contribution >= 4 is 11.8 Å². The average Bonchev–Trinajstić information content (AvgIpc) is 3.56. The van der Waals surface area contributed by atoms with Gasteiger partial charge in [-0.3, -0.25) is 9.59 Å². The number of carbonyl (C=O) groups is 2. The summed E-state index contributed by atoms with van der Waals surface area (Å²) < 4.78 is 30.6. The summed E-state index contributed by atoms with van der Waals surface area (Å²) in [5, 5.41) is 6.56. The van der Waals surface area contributed by atoms with E-state index in [0.717, 1.165) is 32.5 Å². The van der Waals surface area contributed by atoms with E-state index in [0.29, 0.717) is 31.3 Å². The normalized spacial score (nSPS) is 15.3. The second-order valence-corrected chi connectivity index (χ2v) is 9.65. The quantitative estimate of drug-likeness (QED) is 0.397. The molecule has 0 unspecified atom stereocenters. The number of hydrogen-bond donors (Lipinski definition) is 1. The molecule has 1 atom stereocenters. The summed E-state index contributed by atoms with van der Waals surface area (Å²) in [6.45, 7) is 9.60. The van der Waals surface area contributed by atoms with Gasteiger partial charge in [0.15, 0.2) is 5.76 Å². The third-order valence-corrected chi connectivity index (χ3v) is 6.37. The molecule has 3 aromatic rings. The Hall–Kier alpha value is -3.73. The van der Waals surface area contributed by atoms with Crippen LogP contribution in [0.4, 0.5) is 4.39 Å². The Kier molecular flexibility index (Phi) is 9.11. The molecule has 10 nitrogen and oxygen atoms in total. The van der Waals surface area contributed by atoms with E-state index < -0.39 is 17.8 Å². The number of hydrogen-bond acceptors (Lipinski definition) is 8. The molecule has 0 spiro atoms. The van der Waals surface area contributed by atoms with Crippen molar-refractivity contribution in [2.75, 3.05) is 39.3 Å². The van der Waals surface area contributed by atoms with Crippen molar-refractivity contribution in [3.05, 3.63) is 54.1 Å². The molecule has 1 saturated heterocycles. The minimum absolute atomic E-state index is 0.0683. The van der Waals surface area contributed by atoms with Crippen molar-refractivity contribution in [1.82, 2.24) is 25.3 Å². The summed E-state index contributed by atoms with van der Waals surface area (Å²) in [5.74, 6) is 0.396. The summed E-state index contributed by atoms with van der Waals surface area (Å²) in [5.41, 5.74) is 0.270. The number of carbonyl (C=O) groups excluding carboxylic acids is 2. The molecule has 1 aliphatic heterocycles. The predicted octanol–water partition coefficient (Wildman–Crippen LogP) is 3.71. The van der Waals surface area contributed by atoms with Crippen LogP contribution in [-0.4, -0.2) is 77.1 Å². The van der Waals surface area contributed by atoms with Gasteiger partial charge in [0.25, 0.3) is 5.91 Å². The van der Waals surface area contributed by atoms with Crippen LogP contribution in [0.5, 0.6) is 5.75 Å². The summed E-state index contributed by atoms with van der Waals surface area (Å²) in [6, 6.07) is 7.18. The molecule has 2 aromatic heterocycles. The van der Waals surface area contributed by atoms with E-state index in [9.17, 15) is 14.0 Å². The number of benzene rings is 1. The number of amides is 2. The molecule has 11 heteroatoms. The maximum absolute atomic E-state index is 14.6. The monoisotopic (exact) mass is 527 g/mol. The Balaban J connectivity index is 1.19. The van der Waals surface area contributed by atoms with Gasteiger partial charge in [-0.15, -0.1) is 0 Å². The smallest absolute Gasteiger partial charge is 0.287 e. The van der Waals surface area contributed by atoms with E-state index in [2.05, 4.69) is 20.4 Å². The van der Waals surface area contributed by atoms with Gasteiger partial charge in [-0.05, 0) is 50.6 Å². The Morgan fingerprint density at radius 1 is 1.16 bits per heavy atom. The summed E-state index contributed by atoms with van der Waals surface area (Å²) in [7, 11) is 0. The standard InChI is InChI=1S/C27H34FN5O5/c1-18(2)26-30-24(31-38-26)21-9-8-20(17-22(21)28)36-16-6-11-32-10-5-12-33(14-13-32)27(35)19(3)29-25(34)23-7-4-15-37-23/h4,7-9,15,17-19H,5-6,10-14,16H2,1-3H3,(H,29,34)/t19-/m0/s1. The Bertz CT molecular complexity index is 1210. The average molecular weight is 528 g/mol. The van der Waals surface area contributed by atoms with E-state index in [1.807, 2.05) is 13.8 Å². The van der Waals surface area contributed by atoms with E-state index in [-0.39, 0.29) is 29.0 Å². The molecule has 204 valence electrons. The number of nitrogens with one attached hydrogen (secondary N) is 1. The highest BCUT2D eigenvalue weighted by molar-refractivity contribution is 5.95. The lowest BCUT2D eigenvalue weighted by Crippen LogP contribution is -2.48. The Labute approximate surface area is 221 Å². The molecule has 0 radical (unpaired) electrons. The number of aromatic nitrogens is 2. The molecule has 0 aliphatic carbocycles. The molecular weight excluding hydrogens is 493 g/mol. The van der Waals surface area contributed by atoms with Crippen LogP contribution in [0.2, 0.25) is 0 Å². The predicted molar refractivity (Wildman–Crippen MR) is 137 cm³/mol. The van der Waals surface area contributed by atoms with Gasteiger partial charge in [0, 0.05) is 38.2 Å². The van der Waals surface area contributed by atoms with Gasteiger partial charge in [0.2, 0.25) is 17.6 Å². The number of halogens is 1. The lowest BCUT2D eigenvalue weighted by Gasteiger charge is -2.25. The first-order chi connectivity index (χ1) is 18.3. The van der Waals surface area contributed by atoms with Gasteiger partial charge in [-0.25, -0.2) is 4.39 Å². The lowest BCUT2D eigenvalue weighted by atomic mass is 10.2. The maximum atomic E-state index is 14.6. The van der Waals surface area contributed by atoms with Crippen molar-refractivity contribution < 1.29 is 27.7 Å². The third-order valence-electron chi connectivity index (χ3n) is 6.37. The van der Waals surface area contributed by atoms with Crippen LogP contribution in [0.15, 0.2) is 45.5 Å². The zero-order valence-corrected chi connectivity index (χ0v) is 22.0. The fraction of sp³-hybridized carbons (Fsp3) is 0.481. The molecule has 2 amide bonds. The van der Waals surface area contributed by atoms with Crippen LogP contribution in [-0.2, 0) is 4.79 Å². The molecule has 1 N–H and O–H groups in total. The summed E-state index contributed by atoms with van der Waals surface area (Å²) in [6.07, 6.45) is 3.02. The van der Waals surface area contributed by atoms with Gasteiger partial charge in [-0.1, -0.05) is 19.0 Å². The highest BCUT2D eigenvalue weighted by atomic mass is 19.1. The first kappa shape index (κ1) is 27.3. The number of furan rings is 1. The van der Waals surface area contributed by atoms with Crippen LogP contribution in [0.3, 0.4) is 0 Å². The van der Waals surface area contributed by atoms with E-state index in [4.69, 9.17) is 13.7 Å². The van der Waals surface area contributed by atoms with Crippen molar-refractivity contribution in [3.63, 3.8) is 0 Å². The Morgan fingerprint density at radius 2 is 2.00 bits per heavy atom. The van der Waals surface area contributed by atoms with Crippen LogP contribution < -0.4 is 10.1 Å². The van der Waals surface area contributed by atoms with Gasteiger partial charge in [0.05, 0.1) is 18.4 Å². The lowest BCUT2D eigenvalue weighted by molar-refractivity contribution is -0.132. The van der Waals surface area contributed by atoms with Gasteiger partial charge >= 0.3 is 0 Å². The van der Waals surface area contributed by atoms with Gasteiger partial charge < -0.3 is 28.8 Å². The molecule has 38 heavy (non-hydrogen) atoms. The van der Waals surface area contributed by atoms with Crippen molar-refractivity contribution in [2.24, 2.45) is 0 Å². The zero-order chi connectivity index (χ0) is 27.1. The van der Waals surface area contributed by atoms with Crippen molar-refractivity contribution in [3.8, 4) is 17.1 Å². The Morgan fingerprint density at radius 3 is 2.71 bits per heavy atom. The second kappa shape index (κ2) is 12.7. The molecule has 1 aromatic carbocycles. The minimum atomic E-state index is -0.642. The highest BCUT2D eigenvalue weighted by Gasteiger charge is 2.25. The highest BCUT2D eigenvalue weighted by Crippen LogP contribution is 2.25. The summed E-state index contributed by atoms with van der Waals surface area (Å²) in [4.78, 5) is 33.3. The largest absolute Gasteiger partial charge is 0.493 e. The topological polar surface area (TPSA) is 114 Å². The van der Waals surface area contributed by atoms with E-state index in [1.54, 1.807) is 36.1 Å². The maximum Gasteiger partial charge on any atom is 0.287 e. The van der Waals surface area contributed by atoms with Gasteiger partial charge in [-0.2, -0.15) is 4.98 Å². The number of ether oxygens (including phenoxy) is 1. The molecule has 4 rings (SSSR count). The number of rotatable bonds is 10. The molecule has 0 bridgehead atoms. The van der Waals surface area contributed by atoms with Crippen molar-refractivity contribution in [1.29, 1.82) is 0 Å². The molecule has 1 fully saturated rings. The molecular formula is C27H34FN5O5. The van der Waals surface area contributed by atoms with Crippen LogP contribution in [0.25, 0.3) is 11.4 Å². The molecule has 0 saturated carbocycles. The minimum Gasteiger partial charge on any atom is -0.493 e. The number of nitrogens with zero attached hydrogens (tertiary/aromatic N) is 4. The van der Waals surface area contributed by atoms with E-state index >= 15 is 0 Å².